The van der Waals surface area contributed by atoms with E-state index in [1.54, 1.807) is 4.90 Å². The van der Waals surface area contributed by atoms with Crippen LogP contribution in [0.4, 0.5) is 5.69 Å². The molecule has 3 heterocycles. The Kier molecular flexibility index (Phi) is 5.30. The van der Waals surface area contributed by atoms with Crippen molar-refractivity contribution in [3.05, 3.63) is 41.1 Å². The second kappa shape index (κ2) is 7.75. The molecule has 2 N–H and O–H groups in total. The number of hydrogen-bond donors (Lipinski definition) is 2. The number of carbonyl (C=O) groups excluding carboxylic acids is 1. The van der Waals surface area contributed by atoms with Gasteiger partial charge in [0.15, 0.2) is 0 Å². The maximum Gasteiger partial charge on any atom is 0.311 e. The summed E-state index contributed by atoms with van der Waals surface area (Å²) in [5.74, 6) is -0.0545. The second-order valence-corrected chi connectivity index (χ2v) is 9.64. The number of sulfonamides is 1. The van der Waals surface area contributed by atoms with Crippen molar-refractivity contribution in [2.75, 3.05) is 24.4 Å². The van der Waals surface area contributed by atoms with Crippen LogP contribution in [-0.2, 0) is 10.0 Å². The van der Waals surface area contributed by atoms with Crippen molar-refractivity contribution in [1.82, 2.24) is 20.4 Å². The van der Waals surface area contributed by atoms with Crippen LogP contribution in [0, 0.1) is 13.8 Å². The molecule has 2 aliphatic heterocycles. The van der Waals surface area contributed by atoms with Gasteiger partial charge in [-0.15, -0.1) is 10.2 Å². The molecule has 0 spiro atoms. The van der Waals surface area contributed by atoms with E-state index in [1.165, 1.54) is 0 Å². The summed E-state index contributed by atoms with van der Waals surface area (Å²) in [6.45, 7) is 5.41. The molecule has 1 aromatic carbocycles. The van der Waals surface area contributed by atoms with E-state index in [0.717, 1.165) is 24.0 Å². The van der Waals surface area contributed by atoms with Gasteiger partial charge in [-0.1, -0.05) is 18.2 Å². The third-order valence-electron chi connectivity index (χ3n) is 5.57. The number of amides is 1. The summed E-state index contributed by atoms with van der Waals surface area (Å²) in [5, 5.41) is 10.3. The first-order valence-electron chi connectivity index (χ1n) is 9.79. The number of nitrogens with zero attached hydrogens (tertiary/aromatic N) is 3. The number of rotatable bonds is 5. The van der Waals surface area contributed by atoms with Crippen LogP contribution in [0.15, 0.2) is 22.6 Å². The zero-order valence-electron chi connectivity index (χ0n) is 16.5. The van der Waals surface area contributed by atoms with E-state index >= 15 is 0 Å². The van der Waals surface area contributed by atoms with Crippen LogP contribution < -0.4 is 10.0 Å². The molecule has 2 aliphatic rings. The molecule has 29 heavy (non-hydrogen) atoms. The molecule has 2 saturated heterocycles. The molecule has 2 atom stereocenters. The summed E-state index contributed by atoms with van der Waals surface area (Å²) >= 11 is 0. The number of carbonyl (C=O) groups is 1. The fraction of sp³-hybridized carbons (Fsp3) is 0.526. The minimum absolute atomic E-state index is 0.0383. The number of para-hydroxylation sites is 1. The lowest BCUT2D eigenvalue weighted by atomic mass is 10.1. The first-order valence-corrected chi connectivity index (χ1v) is 11.3. The van der Waals surface area contributed by atoms with Gasteiger partial charge in [-0.25, -0.2) is 8.42 Å². The molecular formula is C19H25N5O4S. The van der Waals surface area contributed by atoms with Gasteiger partial charge in [-0.3, -0.25) is 9.52 Å². The molecule has 9 nitrogen and oxygen atoms in total. The van der Waals surface area contributed by atoms with Crippen LogP contribution in [0.5, 0.6) is 0 Å². The third-order valence-corrected chi connectivity index (χ3v) is 7.30. The third kappa shape index (κ3) is 3.99. The highest BCUT2D eigenvalue weighted by Gasteiger charge is 2.38. The summed E-state index contributed by atoms with van der Waals surface area (Å²) < 4.78 is 34.1. The van der Waals surface area contributed by atoms with E-state index in [1.807, 2.05) is 32.0 Å². The average Bonchev–Trinajstić information content (AvgIpc) is 3.45. The maximum atomic E-state index is 12.9. The number of likely N-dealkylation sites (tertiary alicyclic amines) is 1. The molecule has 2 aromatic rings. The molecule has 1 aromatic heterocycles. The molecular weight excluding hydrogens is 394 g/mol. The lowest BCUT2D eigenvalue weighted by Crippen LogP contribution is -2.30. The monoisotopic (exact) mass is 419 g/mol. The van der Waals surface area contributed by atoms with Crippen LogP contribution in [0.3, 0.4) is 0 Å². The van der Waals surface area contributed by atoms with Crippen LogP contribution in [0.25, 0.3) is 0 Å². The van der Waals surface area contributed by atoms with E-state index in [2.05, 4.69) is 20.2 Å². The van der Waals surface area contributed by atoms with Gasteiger partial charge in [0.1, 0.15) is 0 Å². The van der Waals surface area contributed by atoms with Crippen molar-refractivity contribution >= 4 is 21.6 Å². The van der Waals surface area contributed by atoms with E-state index in [-0.39, 0.29) is 24.2 Å². The quantitative estimate of drug-likeness (QED) is 0.758. The normalized spacial score (nSPS) is 22.2. The van der Waals surface area contributed by atoms with Gasteiger partial charge in [0.2, 0.25) is 15.9 Å². The van der Waals surface area contributed by atoms with Crippen molar-refractivity contribution in [1.29, 1.82) is 0 Å². The van der Waals surface area contributed by atoms with Gasteiger partial charge in [-0.05, 0) is 44.2 Å². The minimum atomic E-state index is -3.60. The molecule has 2 unspecified atom stereocenters. The number of nitrogens with one attached hydrogen (secondary N) is 2. The van der Waals surface area contributed by atoms with Crippen LogP contribution in [-0.4, -0.2) is 54.3 Å². The Bertz CT molecular complexity index is 993. The second-order valence-electron chi connectivity index (χ2n) is 7.68. The molecule has 1 amide bonds. The van der Waals surface area contributed by atoms with Gasteiger partial charge in [0.25, 0.3) is 0 Å². The SMILES string of the molecule is Cc1cccc(C)c1NS(=O)(=O)C1CNC(c2nnc(C(=O)N3CCCC3)o2)C1. The molecule has 0 aliphatic carbocycles. The number of anilines is 1. The lowest BCUT2D eigenvalue weighted by Gasteiger charge is -2.16. The fourth-order valence-corrected chi connectivity index (χ4v) is 5.38. The largest absolute Gasteiger partial charge is 0.415 e. The number of aryl methyl sites for hydroxylation is 2. The number of benzene rings is 1. The molecule has 0 radical (unpaired) electrons. The summed E-state index contributed by atoms with van der Waals surface area (Å²) in [6, 6.07) is 5.24. The Labute approximate surface area is 169 Å². The minimum Gasteiger partial charge on any atom is -0.415 e. The van der Waals surface area contributed by atoms with Crippen LogP contribution >= 0.6 is 0 Å². The van der Waals surface area contributed by atoms with Crippen molar-refractivity contribution in [2.45, 2.75) is 44.4 Å². The molecule has 4 rings (SSSR count). The molecule has 2 fully saturated rings. The van der Waals surface area contributed by atoms with E-state index in [0.29, 0.717) is 25.2 Å². The smallest absolute Gasteiger partial charge is 0.311 e. The molecule has 0 bridgehead atoms. The summed E-state index contributed by atoms with van der Waals surface area (Å²) in [5.41, 5.74) is 2.36. The molecule has 0 saturated carbocycles. The first-order chi connectivity index (χ1) is 13.8. The maximum absolute atomic E-state index is 12.9. The van der Waals surface area contributed by atoms with E-state index < -0.39 is 21.3 Å². The summed E-state index contributed by atoms with van der Waals surface area (Å²) in [4.78, 5) is 14.1. The van der Waals surface area contributed by atoms with Crippen molar-refractivity contribution < 1.29 is 17.6 Å². The zero-order valence-corrected chi connectivity index (χ0v) is 17.3. The fourth-order valence-electron chi connectivity index (χ4n) is 3.85. The Morgan fingerprint density at radius 2 is 1.90 bits per heavy atom. The van der Waals surface area contributed by atoms with Crippen molar-refractivity contribution in [3.63, 3.8) is 0 Å². The van der Waals surface area contributed by atoms with Gasteiger partial charge in [-0.2, -0.15) is 0 Å². The lowest BCUT2D eigenvalue weighted by molar-refractivity contribution is 0.0750. The number of aromatic nitrogens is 2. The topological polar surface area (TPSA) is 117 Å². The molecule has 10 heteroatoms. The summed E-state index contributed by atoms with van der Waals surface area (Å²) in [6.07, 6.45) is 2.24. The van der Waals surface area contributed by atoms with Gasteiger partial charge in [0.05, 0.1) is 17.0 Å². The van der Waals surface area contributed by atoms with Gasteiger partial charge in [0, 0.05) is 19.6 Å². The van der Waals surface area contributed by atoms with Gasteiger partial charge < -0.3 is 14.6 Å². The first kappa shape index (κ1) is 19.8. The van der Waals surface area contributed by atoms with Crippen molar-refractivity contribution in [3.8, 4) is 0 Å². The summed E-state index contributed by atoms with van der Waals surface area (Å²) in [7, 11) is -3.60. The standard InChI is InChI=1S/C19H25N5O4S/c1-12-6-5-7-13(2)16(12)23-29(26,27)14-10-15(20-11-14)17-21-22-18(28-17)19(25)24-8-3-4-9-24/h5-7,14-15,20,23H,3-4,8-11H2,1-2H3. The Hall–Kier alpha value is -2.46. The average molecular weight is 420 g/mol. The van der Waals surface area contributed by atoms with Crippen molar-refractivity contribution in [2.24, 2.45) is 0 Å². The van der Waals surface area contributed by atoms with E-state index in [4.69, 9.17) is 4.42 Å². The Morgan fingerprint density at radius 3 is 2.59 bits per heavy atom. The van der Waals surface area contributed by atoms with Gasteiger partial charge >= 0.3 is 11.8 Å². The predicted octanol–water partition coefficient (Wildman–Crippen LogP) is 1.77. The zero-order chi connectivity index (χ0) is 20.6. The molecule has 156 valence electrons. The van der Waals surface area contributed by atoms with Crippen LogP contribution in [0.2, 0.25) is 0 Å². The Morgan fingerprint density at radius 1 is 1.21 bits per heavy atom. The van der Waals surface area contributed by atoms with E-state index in [9.17, 15) is 13.2 Å². The highest BCUT2D eigenvalue weighted by atomic mass is 32.2. The highest BCUT2D eigenvalue weighted by Crippen LogP contribution is 2.29. The Balaban J connectivity index is 1.44. The predicted molar refractivity (Wildman–Crippen MR) is 107 cm³/mol. The highest BCUT2D eigenvalue weighted by molar-refractivity contribution is 7.93. The number of hydrogen-bond acceptors (Lipinski definition) is 7. The van der Waals surface area contributed by atoms with Crippen LogP contribution in [0.1, 0.15) is 53.0 Å².